The van der Waals surface area contributed by atoms with E-state index in [0.717, 1.165) is 30.1 Å². The first kappa shape index (κ1) is 23.9. The molecule has 4 atom stereocenters. The van der Waals surface area contributed by atoms with Gasteiger partial charge in [-0.3, -0.25) is 4.99 Å². The molecule has 0 bridgehead atoms. The highest BCUT2D eigenvalue weighted by Crippen LogP contribution is 2.60. The van der Waals surface area contributed by atoms with E-state index in [2.05, 4.69) is 126 Å². The number of anilines is 1. The number of fused-ring (bicyclic) bond motifs is 1. The van der Waals surface area contributed by atoms with Crippen LogP contribution in [0.4, 0.5) is 5.69 Å². The van der Waals surface area contributed by atoms with Gasteiger partial charge in [-0.1, -0.05) is 78.9 Å². The molecule has 181 valence electrons. The SMILES string of the molecule is [CH]1[CH][CH][C](C=N[C@H](c2ccccc2)[C@@H](O[P@@]2N(c3ccccc3)C[C@@H]3CCCN32)c2ccccc2)[CH]1. The summed E-state index contributed by atoms with van der Waals surface area (Å²) in [4.78, 5) is 5.16. The molecule has 6 rings (SSSR count). The molecule has 0 amide bonds. The molecule has 3 aromatic carbocycles. The van der Waals surface area contributed by atoms with Crippen molar-refractivity contribution in [2.45, 2.75) is 31.0 Å². The lowest BCUT2D eigenvalue weighted by Crippen LogP contribution is -2.22. The van der Waals surface area contributed by atoms with E-state index in [1.165, 1.54) is 18.5 Å². The molecule has 0 spiro atoms. The number of nitrogens with zero attached hydrogens (tertiary/aromatic N) is 3. The molecule has 36 heavy (non-hydrogen) atoms. The highest BCUT2D eigenvalue weighted by atomic mass is 31.2. The third-order valence-electron chi connectivity index (χ3n) is 7.05. The van der Waals surface area contributed by atoms with Gasteiger partial charge < -0.3 is 9.19 Å². The monoisotopic (exact) mass is 492 g/mol. The van der Waals surface area contributed by atoms with Crippen LogP contribution in [-0.2, 0) is 4.52 Å². The lowest BCUT2D eigenvalue weighted by atomic mass is 9.96. The van der Waals surface area contributed by atoms with Crippen LogP contribution in [-0.4, -0.2) is 30.0 Å². The largest absolute Gasteiger partial charge is 0.316 e. The molecule has 3 aliphatic rings. The number of rotatable bonds is 8. The van der Waals surface area contributed by atoms with Crippen molar-refractivity contribution in [1.82, 2.24) is 4.67 Å². The minimum atomic E-state index is -0.974. The minimum Gasteiger partial charge on any atom is -0.316 e. The van der Waals surface area contributed by atoms with Crippen molar-refractivity contribution < 1.29 is 4.52 Å². The molecule has 0 unspecified atom stereocenters. The van der Waals surface area contributed by atoms with E-state index in [1.807, 2.05) is 6.21 Å². The van der Waals surface area contributed by atoms with E-state index < -0.39 is 8.45 Å². The second kappa shape index (κ2) is 11.3. The van der Waals surface area contributed by atoms with Crippen molar-refractivity contribution >= 4 is 20.4 Å². The maximum atomic E-state index is 7.27. The van der Waals surface area contributed by atoms with Crippen LogP contribution in [0.1, 0.15) is 36.1 Å². The normalized spacial score (nSPS) is 24.4. The summed E-state index contributed by atoms with van der Waals surface area (Å²) in [6, 6.07) is 32.4. The summed E-state index contributed by atoms with van der Waals surface area (Å²) in [7, 11) is -0.974. The number of hydrogen-bond acceptors (Lipinski definition) is 4. The molecule has 1 saturated carbocycles. The van der Waals surface area contributed by atoms with Gasteiger partial charge in [-0.2, -0.15) is 0 Å². The molecule has 3 fully saturated rings. The van der Waals surface area contributed by atoms with Crippen LogP contribution in [0.3, 0.4) is 0 Å². The molecule has 0 aromatic heterocycles. The first-order valence-electron chi connectivity index (χ1n) is 12.8. The predicted octanol–water partition coefficient (Wildman–Crippen LogP) is 7.17. The quantitative estimate of drug-likeness (QED) is 0.246. The van der Waals surface area contributed by atoms with Gasteiger partial charge in [0.1, 0.15) is 12.1 Å². The van der Waals surface area contributed by atoms with E-state index >= 15 is 0 Å². The van der Waals surface area contributed by atoms with Gasteiger partial charge in [0.2, 0.25) is 8.45 Å². The average Bonchev–Trinajstić information content (AvgIpc) is 3.69. The molecular formula is C31H31N3OP. The van der Waals surface area contributed by atoms with Crippen LogP contribution >= 0.6 is 8.45 Å². The van der Waals surface area contributed by atoms with E-state index in [4.69, 9.17) is 9.52 Å². The smallest absolute Gasteiger partial charge is 0.219 e. The maximum Gasteiger partial charge on any atom is 0.219 e. The first-order chi connectivity index (χ1) is 17.9. The lowest BCUT2D eigenvalue weighted by molar-refractivity contribution is 0.182. The van der Waals surface area contributed by atoms with Crippen molar-refractivity contribution in [2.24, 2.45) is 4.99 Å². The average molecular weight is 493 g/mol. The summed E-state index contributed by atoms with van der Waals surface area (Å²) in [6.45, 7) is 2.11. The second-order valence-corrected chi connectivity index (χ2v) is 11.1. The number of aliphatic imine (C=N–C) groups is 1. The highest BCUT2D eigenvalue weighted by molar-refractivity contribution is 7.52. The molecule has 1 aliphatic carbocycles. The fraction of sp³-hybridized carbons (Fsp3) is 0.226. The standard InChI is InChI=1S/C31H31N3OP/c1-4-15-26(16-5-1)30(32-23-25-13-10-11-14-25)31(27-17-6-2-7-18-27)35-36-33-22-12-21-29(33)24-34(36)28-19-8-3-9-20-28/h1-11,13-20,23,29-31H,12,21-22,24H2/t29-,30+,31-,36+/m0/s1. The molecular weight excluding hydrogens is 461 g/mol. The Morgan fingerprint density at radius 3 is 2.17 bits per heavy atom. The molecule has 5 heteroatoms. The summed E-state index contributed by atoms with van der Waals surface area (Å²) >= 11 is 0. The van der Waals surface area contributed by atoms with E-state index in [-0.39, 0.29) is 12.1 Å². The van der Waals surface area contributed by atoms with Crippen LogP contribution in [0.2, 0.25) is 0 Å². The second-order valence-electron chi connectivity index (χ2n) is 9.42. The van der Waals surface area contributed by atoms with Gasteiger partial charge in [0.05, 0.1) is 0 Å². The Bertz CT molecular complexity index is 1120. The molecule has 5 radical (unpaired) electrons. The van der Waals surface area contributed by atoms with Crippen molar-refractivity contribution in [3.8, 4) is 0 Å². The van der Waals surface area contributed by atoms with E-state index in [9.17, 15) is 0 Å². The molecule has 2 aliphatic heterocycles. The van der Waals surface area contributed by atoms with Gasteiger partial charge in [0.15, 0.2) is 0 Å². The molecule has 2 saturated heterocycles. The summed E-state index contributed by atoms with van der Waals surface area (Å²) in [6.07, 6.45) is 12.5. The topological polar surface area (TPSA) is 28.1 Å². The molecule has 0 N–H and O–H groups in total. The van der Waals surface area contributed by atoms with Gasteiger partial charge >= 0.3 is 0 Å². The van der Waals surface area contributed by atoms with Crippen molar-refractivity contribution in [3.63, 3.8) is 0 Å². The Morgan fingerprint density at radius 2 is 1.47 bits per heavy atom. The Labute approximate surface area is 216 Å². The molecule has 4 nitrogen and oxygen atoms in total. The zero-order valence-electron chi connectivity index (χ0n) is 20.3. The third kappa shape index (κ3) is 5.13. The maximum absolute atomic E-state index is 7.27. The fourth-order valence-corrected chi connectivity index (χ4v) is 7.63. The molecule has 3 aromatic rings. The van der Waals surface area contributed by atoms with Crippen molar-refractivity contribution in [1.29, 1.82) is 0 Å². The lowest BCUT2D eigenvalue weighted by Gasteiger charge is -2.35. The molecule has 2 heterocycles. The van der Waals surface area contributed by atoms with Gasteiger partial charge in [0.25, 0.3) is 0 Å². The zero-order valence-corrected chi connectivity index (χ0v) is 21.2. The summed E-state index contributed by atoms with van der Waals surface area (Å²) in [5.74, 6) is 1.11. The van der Waals surface area contributed by atoms with Gasteiger partial charge in [0, 0.05) is 37.0 Å². The number of hydrogen-bond donors (Lipinski definition) is 0. The van der Waals surface area contributed by atoms with Crippen LogP contribution < -0.4 is 4.67 Å². The number of benzene rings is 3. The van der Waals surface area contributed by atoms with E-state index in [0.29, 0.717) is 6.04 Å². The highest BCUT2D eigenvalue weighted by Gasteiger charge is 2.46. The Kier molecular flexibility index (Phi) is 7.46. The predicted molar refractivity (Wildman–Crippen MR) is 149 cm³/mol. The Morgan fingerprint density at radius 1 is 0.833 bits per heavy atom. The summed E-state index contributed by atoms with van der Waals surface area (Å²) in [5.41, 5.74) is 3.55. The fourth-order valence-electron chi connectivity index (χ4n) is 5.24. The Balaban J connectivity index is 1.38. The van der Waals surface area contributed by atoms with Crippen LogP contribution in [0.15, 0.2) is 96.0 Å². The Hall–Kier alpha value is -2.52. The van der Waals surface area contributed by atoms with Crippen LogP contribution in [0.25, 0.3) is 0 Å². The summed E-state index contributed by atoms with van der Waals surface area (Å²) in [5, 5.41) is 0. The van der Waals surface area contributed by atoms with Crippen molar-refractivity contribution in [3.05, 3.63) is 134 Å². The van der Waals surface area contributed by atoms with Gasteiger partial charge in [-0.05, 0) is 61.8 Å². The third-order valence-corrected chi connectivity index (χ3v) is 9.24. The number of para-hydroxylation sites is 1. The summed E-state index contributed by atoms with van der Waals surface area (Å²) < 4.78 is 12.4. The van der Waals surface area contributed by atoms with Crippen LogP contribution in [0, 0.1) is 31.6 Å². The van der Waals surface area contributed by atoms with Crippen molar-refractivity contribution in [2.75, 3.05) is 17.8 Å². The first-order valence-corrected chi connectivity index (χ1v) is 13.9. The van der Waals surface area contributed by atoms with Crippen LogP contribution in [0.5, 0.6) is 0 Å². The van der Waals surface area contributed by atoms with Gasteiger partial charge in [-0.25, -0.2) is 4.67 Å². The van der Waals surface area contributed by atoms with Gasteiger partial charge in [-0.15, -0.1) is 0 Å². The minimum absolute atomic E-state index is 0.162. The zero-order chi connectivity index (χ0) is 24.2. The van der Waals surface area contributed by atoms with E-state index in [1.54, 1.807) is 0 Å².